The van der Waals surface area contributed by atoms with Gasteiger partial charge in [0.05, 0.1) is 6.10 Å². The third-order valence-corrected chi connectivity index (χ3v) is 3.63. The van der Waals surface area contributed by atoms with Gasteiger partial charge in [-0.3, -0.25) is 15.2 Å². The topological polar surface area (TPSA) is 79.9 Å². The van der Waals surface area contributed by atoms with Crippen LogP contribution in [0.2, 0.25) is 0 Å². The smallest absolute Gasteiger partial charge is 0.248 e. The summed E-state index contributed by atoms with van der Waals surface area (Å²) >= 11 is 0. The van der Waals surface area contributed by atoms with Crippen molar-refractivity contribution in [3.63, 3.8) is 0 Å². The summed E-state index contributed by atoms with van der Waals surface area (Å²) in [4.78, 5) is 16.5. The minimum Gasteiger partial charge on any atom is -0.378 e. The van der Waals surface area contributed by atoms with Crippen LogP contribution in [0.1, 0.15) is 58.2 Å². The lowest BCUT2D eigenvalue weighted by atomic mass is 9.93. The molecule has 0 saturated carbocycles. The molecule has 1 aromatic rings. The van der Waals surface area contributed by atoms with E-state index in [9.17, 15) is 4.79 Å². The highest BCUT2D eigenvalue weighted by Gasteiger charge is 2.28. The fraction of sp³-hybridized carbons (Fsp3) is 0.786. The van der Waals surface area contributed by atoms with E-state index >= 15 is 0 Å². The summed E-state index contributed by atoms with van der Waals surface area (Å²) in [6, 6.07) is 0. The van der Waals surface area contributed by atoms with E-state index in [4.69, 9.17) is 4.74 Å². The number of carbonyl (C=O) groups is 1. The summed E-state index contributed by atoms with van der Waals surface area (Å²) in [5.74, 6) is 1.43. The monoisotopic (exact) mass is 280 g/mol. The average molecular weight is 280 g/mol. The second-order valence-corrected chi connectivity index (χ2v) is 5.69. The minimum absolute atomic E-state index is 0.00120. The van der Waals surface area contributed by atoms with Gasteiger partial charge >= 0.3 is 0 Å². The first-order valence-electron chi connectivity index (χ1n) is 7.45. The molecule has 6 nitrogen and oxygen atoms in total. The summed E-state index contributed by atoms with van der Waals surface area (Å²) in [5, 5.41) is 9.67. The second-order valence-electron chi connectivity index (χ2n) is 5.69. The molecule has 0 bridgehead atoms. The van der Waals surface area contributed by atoms with Crippen molar-refractivity contribution in [1.82, 2.24) is 15.2 Å². The molecule has 1 aromatic heterocycles. The number of nitrogens with one attached hydrogen (secondary N) is 2. The van der Waals surface area contributed by atoms with Crippen molar-refractivity contribution in [3.8, 4) is 0 Å². The van der Waals surface area contributed by atoms with Gasteiger partial charge in [-0.1, -0.05) is 27.2 Å². The van der Waals surface area contributed by atoms with Crippen molar-refractivity contribution in [2.24, 2.45) is 5.92 Å². The Labute approximate surface area is 119 Å². The molecule has 1 amide bonds. The lowest BCUT2D eigenvalue weighted by Gasteiger charge is -2.28. The lowest BCUT2D eigenvalue weighted by molar-refractivity contribution is -0.125. The van der Waals surface area contributed by atoms with Gasteiger partial charge in [-0.05, 0) is 19.3 Å². The van der Waals surface area contributed by atoms with Crippen molar-refractivity contribution in [2.45, 2.75) is 58.5 Å². The molecule has 0 unspecified atom stereocenters. The van der Waals surface area contributed by atoms with E-state index in [1.165, 1.54) is 0 Å². The molecule has 2 heterocycles. The van der Waals surface area contributed by atoms with Gasteiger partial charge in [0.1, 0.15) is 5.82 Å². The van der Waals surface area contributed by atoms with Crippen molar-refractivity contribution in [3.05, 3.63) is 5.82 Å². The number of H-pyrrole nitrogens is 1. The molecule has 0 spiro atoms. The van der Waals surface area contributed by atoms with E-state index in [-0.39, 0.29) is 23.8 Å². The minimum atomic E-state index is 0.00120. The molecule has 1 aliphatic heterocycles. The number of amides is 1. The SMILES string of the molecule is CCC[C@H]1C[C@@H](C(=O)Nc2n[nH]c(C(C)C)n2)CCO1. The molecule has 112 valence electrons. The molecular weight excluding hydrogens is 256 g/mol. The second kappa shape index (κ2) is 6.83. The van der Waals surface area contributed by atoms with Crippen LogP contribution >= 0.6 is 0 Å². The Bertz CT molecular complexity index is 442. The third-order valence-electron chi connectivity index (χ3n) is 3.63. The normalized spacial score (nSPS) is 23.0. The molecular formula is C14H24N4O2. The van der Waals surface area contributed by atoms with E-state index in [1.807, 2.05) is 13.8 Å². The van der Waals surface area contributed by atoms with Gasteiger partial charge in [-0.2, -0.15) is 4.98 Å². The number of nitrogens with zero attached hydrogens (tertiary/aromatic N) is 2. The Morgan fingerprint density at radius 3 is 3.00 bits per heavy atom. The first-order chi connectivity index (χ1) is 9.60. The Hall–Kier alpha value is -1.43. The van der Waals surface area contributed by atoms with Crippen LogP contribution in [0.4, 0.5) is 5.95 Å². The van der Waals surface area contributed by atoms with Gasteiger partial charge in [0.25, 0.3) is 0 Å². The van der Waals surface area contributed by atoms with Crippen LogP contribution in [0.25, 0.3) is 0 Å². The maximum Gasteiger partial charge on any atom is 0.248 e. The summed E-state index contributed by atoms with van der Waals surface area (Å²) in [7, 11) is 0. The maximum absolute atomic E-state index is 12.2. The Kier molecular flexibility index (Phi) is 5.11. The predicted octanol–water partition coefficient (Wildman–Crippen LogP) is 2.46. The Balaban J connectivity index is 1.90. The molecule has 1 aliphatic rings. The van der Waals surface area contributed by atoms with Crippen LogP contribution in [-0.2, 0) is 9.53 Å². The number of hydrogen-bond donors (Lipinski definition) is 2. The number of aromatic amines is 1. The standard InChI is InChI=1S/C14H24N4O2/c1-4-5-11-8-10(6-7-20-11)13(19)16-14-15-12(9(2)3)17-18-14/h9-11H,4-8H2,1-3H3,(H2,15,16,17,18,19)/t10-,11-/m0/s1. The first-order valence-corrected chi connectivity index (χ1v) is 7.45. The van der Waals surface area contributed by atoms with Crippen LogP contribution < -0.4 is 5.32 Å². The Morgan fingerprint density at radius 2 is 2.35 bits per heavy atom. The van der Waals surface area contributed by atoms with Gasteiger partial charge in [-0.15, -0.1) is 5.10 Å². The molecule has 0 aliphatic carbocycles. The number of anilines is 1. The van der Waals surface area contributed by atoms with Crippen molar-refractivity contribution >= 4 is 11.9 Å². The van der Waals surface area contributed by atoms with Crippen LogP contribution in [0.3, 0.4) is 0 Å². The largest absolute Gasteiger partial charge is 0.378 e. The number of aromatic nitrogens is 3. The third kappa shape index (κ3) is 3.79. The summed E-state index contributed by atoms with van der Waals surface area (Å²) in [6.45, 7) is 6.85. The predicted molar refractivity (Wildman–Crippen MR) is 76.5 cm³/mol. The zero-order chi connectivity index (χ0) is 14.5. The zero-order valence-corrected chi connectivity index (χ0v) is 12.5. The van der Waals surface area contributed by atoms with Gasteiger partial charge in [0, 0.05) is 18.4 Å². The van der Waals surface area contributed by atoms with Crippen LogP contribution in [0, 0.1) is 5.92 Å². The van der Waals surface area contributed by atoms with Gasteiger partial charge < -0.3 is 4.74 Å². The highest BCUT2D eigenvalue weighted by atomic mass is 16.5. The molecule has 0 aromatic carbocycles. The average Bonchev–Trinajstić information content (AvgIpc) is 2.88. The number of hydrogen-bond acceptors (Lipinski definition) is 4. The van der Waals surface area contributed by atoms with Crippen molar-refractivity contribution < 1.29 is 9.53 Å². The molecule has 1 fully saturated rings. The van der Waals surface area contributed by atoms with Crippen molar-refractivity contribution in [2.75, 3.05) is 11.9 Å². The zero-order valence-electron chi connectivity index (χ0n) is 12.5. The quantitative estimate of drug-likeness (QED) is 0.868. The van der Waals surface area contributed by atoms with Crippen LogP contribution in [-0.4, -0.2) is 33.8 Å². The molecule has 2 N–H and O–H groups in total. The number of ether oxygens (including phenoxy) is 1. The number of rotatable bonds is 5. The molecule has 6 heteroatoms. The van der Waals surface area contributed by atoms with E-state index < -0.39 is 0 Å². The van der Waals surface area contributed by atoms with E-state index in [2.05, 4.69) is 27.4 Å². The summed E-state index contributed by atoms with van der Waals surface area (Å²) in [5.41, 5.74) is 0. The molecule has 2 rings (SSSR count). The fourth-order valence-electron chi connectivity index (χ4n) is 2.44. The maximum atomic E-state index is 12.2. The highest BCUT2D eigenvalue weighted by molar-refractivity contribution is 5.90. The highest BCUT2D eigenvalue weighted by Crippen LogP contribution is 2.24. The summed E-state index contributed by atoms with van der Waals surface area (Å²) < 4.78 is 5.67. The van der Waals surface area contributed by atoms with E-state index in [0.29, 0.717) is 12.6 Å². The molecule has 1 saturated heterocycles. The molecule has 0 radical (unpaired) electrons. The molecule has 20 heavy (non-hydrogen) atoms. The lowest BCUT2D eigenvalue weighted by Crippen LogP contribution is -2.33. The van der Waals surface area contributed by atoms with E-state index in [1.54, 1.807) is 0 Å². The molecule has 2 atom stereocenters. The van der Waals surface area contributed by atoms with Crippen LogP contribution in [0.5, 0.6) is 0 Å². The van der Waals surface area contributed by atoms with E-state index in [0.717, 1.165) is 31.5 Å². The summed E-state index contributed by atoms with van der Waals surface area (Å²) in [6.07, 6.45) is 3.87. The number of carbonyl (C=O) groups excluding carboxylic acids is 1. The van der Waals surface area contributed by atoms with Gasteiger partial charge in [0.2, 0.25) is 11.9 Å². The van der Waals surface area contributed by atoms with Gasteiger partial charge in [-0.25, -0.2) is 0 Å². The fourth-order valence-corrected chi connectivity index (χ4v) is 2.44. The Morgan fingerprint density at radius 1 is 1.55 bits per heavy atom. The van der Waals surface area contributed by atoms with Crippen LogP contribution in [0.15, 0.2) is 0 Å². The van der Waals surface area contributed by atoms with Gasteiger partial charge in [0.15, 0.2) is 0 Å². The first kappa shape index (κ1) is 15.0. The van der Waals surface area contributed by atoms with Crippen molar-refractivity contribution in [1.29, 1.82) is 0 Å².